The molecule has 118 valence electrons. The summed E-state index contributed by atoms with van der Waals surface area (Å²) in [6, 6.07) is 16.2. The molecule has 3 aromatic carbocycles. The molecule has 0 amide bonds. The minimum atomic E-state index is 0.776. The van der Waals surface area contributed by atoms with Crippen LogP contribution in [-0.4, -0.2) is 0 Å². The number of hydrogen-bond donors (Lipinski definition) is 0. The zero-order valence-electron chi connectivity index (χ0n) is 14.0. The van der Waals surface area contributed by atoms with E-state index in [-0.39, 0.29) is 0 Å². The molecule has 2 atom stereocenters. The van der Waals surface area contributed by atoms with Crippen molar-refractivity contribution < 1.29 is 0 Å². The fourth-order valence-electron chi connectivity index (χ4n) is 5.87. The first-order valence-corrected chi connectivity index (χ1v) is 9.59. The lowest BCUT2D eigenvalue weighted by atomic mass is 9.65. The molecule has 0 aromatic heterocycles. The highest BCUT2D eigenvalue weighted by molar-refractivity contribution is 6.03. The van der Waals surface area contributed by atoms with E-state index in [1.807, 2.05) is 0 Å². The van der Waals surface area contributed by atoms with Crippen LogP contribution in [0, 0.1) is 5.92 Å². The molecule has 3 aliphatic rings. The maximum Gasteiger partial charge on any atom is -0.00643 e. The lowest BCUT2D eigenvalue weighted by Gasteiger charge is -2.39. The molecule has 0 saturated heterocycles. The predicted molar refractivity (Wildman–Crippen MR) is 103 cm³/mol. The first-order chi connectivity index (χ1) is 11.9. The highest BCUT2D eigenvalue weighted by Crippen LogP contribution is 2.47. The fourth-order valence-corrected chi connectivity index (χ4v) is 5.87. The predicted octanol–water partition coefficient (Wildman–Crippen LogP) is 5.01. The molecule has 24 heavy (non-hydrogen) atoms. The van der Waals surface area contributed by atoms with Crippen LogP contribution in [0.2, 0.25) is 0 Å². The van der Waals surface area contributed by atoms with E-state index in [1.165, 1.54) is 59.9 Å². The second-order valence-corrected chi connectivity index (χ2v) is 7.90. The Morgan fingerprint density at radius 3 is 2.79 bits per heavy atom. The summed E-state index contributed by atoms with van der Waals surface area (Å²) in [7, 11) is 0. The first-order valence-electron chi connectivity index (χ1n) is 9.59. The first kappa shape index (κ1) is 13.2. The number of fused-ring (bicyclic) bond motifs is 4. The molecule has 1 saturated carbocycles. The molecular weight excluding hydrogens is 288 g/mol. The van der Waals surface area contributed by atoms with Crippen molar-refractivity contribution in [3.05, 3.63) is 58.5 Å². The van der Waals surface area contributed by atoms with Gasteiger partial charge in [0.05, 0.1) is 0 Å². The third-order valence-corrected chi connectivity index (χ3v) is 6.78. The fraction of sp³-hybridized carbons (Fsp3) is 0.333. The quantitative estimate of drug-likeness (QED) is 0.512. The Hall–Kier alpha value is -2.08. The van der Waals surface area contributed by atoms with Crippen LogP contribution in [0.25, 0.3) is 33.2 Å². The van der Waals surface area contributed by atoms with Gasteiger partial charge in [0.25, 0.3) is 0 Å². The highest BCUT2D eigenvalue weighted by atomic mass is 14.4. The lowest BCUT2D eigenvalue weighted by Crippen LogP contribution is -2.34. The van der Waals surface area contributed by atoms with Crippen LogP contribution in [-0.2, 0) is 0 Å². The van der Waals surface area contributed by atoms with E-state index >= 15 is 0 Å². The van der Waals surface area contributed by atoms with E-state index in [1.54, 1.807) is 21.7 Å². The highest BCUT2D eigenvalue weighted by Gasteiger charge is 2.35. The van der Waals surface area contributed by atoms with Gasteiger partial charge in [0.1, 0.15) is 0 Å². The Labute approximate surface area is 142 Å². The normalized spacial score (nSPS) is 24.8. The molecule has 0 radical (unpaired) electrons. The number of hydrogen-bond acceptors (Lipinski definition) is 0. The van der Waals surface area contributed by atoms with E-state index in [0.29, 0.717) is 0 Å². The maximum absolute atomic E-state index is 2.48. The summed E-state index contributed by atoms with van der Waals surface area (Å²) in [5, 5.41) is 9.11. The molecule has 2 unspecified atom stereocenters. The van der Waals surface area contributed by atoms with Crippen LogP contribution in [0.4, 0.5) is 0 Å². The van der Waals surface area contributed by atoms with Crippen LogP contribution in [0.3, 0.4) is 0 Å². The number of benzene rings is 3. The Balaban J connectivity index is 1.95. The molecule has 0 aliphatic heterocycles. The summed E-state index contributed by atoms with van der Waals surface area (Å²) in [4.78, 5) is 0. The lowest BCUT2D eigenvalue weighted by molar-refractivity contribution is 0.405. The molecule has 6 rings (SSSR count). The van der Waals surface area contributed by atoms with Gasteiger partial charge in [0, 0.05) is 0 Å². The smallest absolute Gasteiger partial charge is 0.00643 e. The Morgan fingerprint density at radius 1 is 0.833 bits per heavy atom. The minimum absolute atomic E-state index is 0.776. The van der Waals surface area contributed by atoms with Crippen LogP contribution < -0.4 is 10.4 Å². The van der Waals surface area contributed by atoms with Gasteiger partial charge in [-0.1, -0.05) is 54.5 Å². The van der Waals surface area contributed by atoms with Gasteiger partial charge in [-0.2, -0.15) is 0 Å². The average Bonchev–Trinajstić information content (AvgIpc) is 2.66. The largest absolute Gasteiger partial charge is 0.0769 e. The third-order valence-electron chi connectivity index (χ3n) is 6.78. The van der Waals surface area contributed by atoms with Gasteiger partial charge >= 0.3 is 0 Å². The van der Waals surface area contributed by atoms with Gasteiger partial charge in [0.2, 0.25) is 0 Å². The topological polar surface area (TPSA) is 0 Å². The van der Waals surface area contributed by atoms with Crippen LogP contribution in [0.15, 0.2) is 42.5 Å². The van der Waals surface area contributed by atoms with Crippen LogP contribution in [0.1, 0.15) is 50.0 Å². The Kier molecular flexibility index (Phi) is 2.61. The molecule has 0 nitrogen and oxygen atoms in total. The van der Waals surface area contributed by atoms with E-state index in [4.69, 9.17) is 0 Å². The summed E-state index contributed by atoms with van der Waals surface area (Å²) in [6.07, 6.45) is 10.6. The average molecular weight is 310 g/mol. The Morgan fingerprint density at radius 2 is 1.79 bits per heavy atom. The summed E-state index contributed by atoms with van der Waals surface area (Å²) in [5.74, 6) is 1.58. The van der Waals surface area contributed by atoms with Crippen molar-refractivity contribution in [3.8, 4) is 0 Å². The van der Waals surface area contributed by atoms with Crippen LogP contribution in [0.5, 0.6) is 0 Å². The van der Waals surface area contributed by atoms with Crippen molar-refractivity contribution in [1.29, 1.82) is 0 Å². The van der Waals surface area contributed by atoms with E-state index in [9.17, 15) is 0 Å². The second-order valence-electron chi connectivity index (χ2n) is 7.90. The van der Waals surface area contributed by atoms with Gasteiger partial charge in [-0.05, 0) is 87.6 Å². The van der Waals surface area contributed by atoms with Crippen molar-refractivity contribution >= 4 is 33.2 Å². The number of rotatable bonds is 0. The van der Waals surface area contributed by atoms with E-state index in [0.717, 1.165) is 11.8 Å². The standard InChI is InChI=1S/C24H22/c1-2-8-18-16(6-1)14-17-13-12-15-7-5-11-20-19-9-3-4-10-21(19)24(18)23(17)22(15)20/h1-2,6-8,12-14,19-20H,3-5,9-11H2. The molecule has 0 heterocycles. The summed E-state index contributed by atoms with van der Waals surface area (Å²) in [6.45, 7) is 0. The molecular formula is C24H22. The van der Waals surface area contributed by atoms with E-state index in [2.05, 4.69) is 48.5 Å². The van der Waals surface area contributed by atoms with Gasteiger partial charge in [0.15, 0.2) is 0 Å². The van der Waals surface area contributed by atoms with Gasteiger partial charge in [-0.3, -0.25) is 0 Å². The van der Waals surface area contributed by atoms with Crippen LogP contribution >= 0.6 is 0 Å². The van der Waals surface area contributed by atoms with Crippen molar-refractivity contribution in [2.24, 2.45) is 5.92 Å². The molecule has 0 N–H and O–H groups in total. The molecule has 1 fully saturated rings. The molecule has 0 heteroatoms. The van der Waals surface area contributed by atoms with Crippen molar-refractivity contribution in [3.63, 3.8) is 0 Å². The molecule has 0 spiro atoms. The van der Waals surface area contributed by atoms with Crippen molar-refractivity contribution in [1.82, 2.24) is 0 Å². The van der Waals surface area contributed by atoms with E-state index < -0.39 is 0 Å². The zero-order valence-corrected chi connectivity index (χ0v) is 14.0. The Bertz CT molecular complexity index is 1120. The summed E-state index contributed by atoms with van der Waals surface area (Å²) in [5.41, 5.74) is 3.48. The maximum atomic E-state index is 2.48. The van der Waals surface area contributed by atoms with Gasteiger partial charge in [-0.25, -0.2) is 0 Å². The molecule has 0 bridgehead atoms. The SMILES string of the molecule is C1=c2ccc3cc4ccccc4c4c3c2C(CC1)C1CCCCC=41. The van der Waals surface area contributed by atoms with Crippen molar-refractivity contribution in [2.75, 3.05) is 0 Å². The van der Waals surface area contributed by atoms with Crippen molar-refractivity contribution in [2.45, 2.75) is 44.4 Å². The van der Waals surface area contributed by atoms with Gasteiger partial charge < -0.3 is 0 Å². The minimum Gasteiger partial charge on any atom is -0.0769 e. The molecule has 3 aliphatic carbocycles. The molecule has 3 aromatic rings. The second kappa shape index (κ2) is 4.72. The summed E-state index contributed by atoms with van der Waals surface area (Å²) < 4.78 is 0. The monoisotopic (exact) mass is 310 g/mol. The summed E-state index contributed by atoms with van der Waals surface area (Å²) >= 11 is 0. The zero-order chi connectivity index (χ0) is 15.7. The third kappa shape index (κ3) is 1.59. The van der Waals surface area contributed by atoms with Gasteiger partial charge in [-0.15, -0.1) is 0 Å².